The summed E-state index contributed by atoms with van der Waals surface area (Å²) in [6, 6.07) is 0. The monoisotopic (exact) mass is 373 g/mol. The van der Waals surface area contributed by atoms with Crippen molar-refractivity contribution in [2.75, 3.05) is 0 Å². The standard InChI is InChI=1S/C8H7Br2F2N3S/c9-6-5(16-7(10)15-6)1-4(2-13)3-14-8(11)12/h2-3,8,13-14H,1H2/b4-3-,13-2?. The van der Waals surface area contributed by atoms with Gasteiger partial charge in [0.15, 0.2) is 3.92 Å². The molecule has 0 unspecified atom stereocenters. The number of nitrogens with one attached hydrogen (secondary N) is 2. The molecule has 0 saturated heterocycles. The van der Waals surface area contributed by atoms with E-state index >= 15 is 0 Å². The van der Waals surface area contributed by atoms with Crippen LogP contribution in [-0.2, 0) is 6.42 Å². The van der Waals surface area contributed by atoms with Crippen molar-refractivity contribution in [2.24, 2.45) is 0 Å². The van der Waals surface area contributed by atoms with Crippen LogP contribution >= 0.6 is 43.2 Å². The molecule has 1 aromatic heterocycles. The van der Waals surface area contributed by atoms with Gasteiger partial charge in [0.05, 0.1) is 0 Å². The fourth-order valence-electron chi connectivity index (χ4n) is 0.914. The number of aromatic nitrogens is 1. The van der Waals surface area contributed by atoms with Crippen molar-refractivity contribution in [1.82, 2.24) is 10.3 Å². The Kier molecular flexibility index (Phi) is 5.50. The fourth-order valence-corrected chi connectivity index (χ4v) is 3.30. The first-order chi connectivity index (χ1) is 7.52. The van der Waals surface area contributed by atoms with Gasteiger partial charge in [-0.05, 0) is 37.4 Å². The average molecular weight is 375 g/mol. The molecule has 0 aliphatic heterocycles. The Labute approximate surface area is 112 Å². The molecule has 0 aliphatic carbocycles. The first-order valence-corrected chi connectivity index (χ1v) is 6.47. The molecule has 0 aliphatic rings. The molecule has 0 saturated carbocycles. The number of allylic oxidation sites excluding steroid dienone is 1. The zero-order valence-electron chi connectivity index (χ0n) is 7.81. The van der Waals surface area contributed by atoms with Gasteiger partial charge in [0.25, 0.3) is 0 Å². The maximum absolute atomic E-state index is 11.9. The smallest absolute Gasteiger partial charge is 0.312 e. The van der Waals surface area contributed by atoms with Crippen LogP contribution in [0.4, 0.5) is 8.78 Å². The van der Waals surface area contributed by atoms with Crippen molar-refractivity contribution in [2.45, 2.75) is 13.0 Å². The van der Waals surface area contributed by atoms with Crippen LogP contribution in [0.3, 0.4) is 0 Å². The minimum Gasteiger partial charge on any atom is -0.336 e. The van der Waals surface area contributed by atoms with E-state index in [1.165, 1.54) is 11.3 Å². The summed E-state index contributed by atoms with van der Waals surface area (Å²) in [6.45, 7) is -2.62. The van der Waals surface area contributed by atoms with Crippen LogP contribution in [-0.4, -0.2) is 17.7 Å². The van der Waals surface area contributed by atoms with Gasteiger partial charge in [-0.15, -0.1) is 11.3 Å². The van der Waals surface area contributed by atoms with Crippen molar-refractivity contribution >= 4 is 49.4 Å². The van der Waals surface area contributed by atoms with Crippen molar-refractivity contribution in [3.63, 3.8) is 0 Å². The largest absolute Gasteiger partial charge is 0.336 e. The third-order valence-electron chi connectivity index (χ3n) is 1.57. The van der Waals surface area contributed by atoms with Gasteiger partial charge in [0, 0.05) is 23.7 Å². The van der Waals surface area contributed by atoms with E-state index in [-0.39, 0.29) is 0 Å². The molecule has 8 heteroatoms. The highest BCUT2D eigenvalue weighted by atomic mass is 79.9. The van der Waals surface area contributed by atoms with Gasteiger partial charge >= 0.3 is 6.55 Å². The number of alkyl halides is 2. The van der Waals surface area contributed by atoms with Crippen LogP contribution in [0.1, 0.15) is 4.88 Å². The summed E-state index contributed by atoms with van der Waals surface area (Å²) in [4.78, 5) is 4.95. The molecular formula is C8H7Br2F2N3S. The van der Waals surface area contributed by atoms with Crippen molar-refractivity contribution in [3.8, 4) is 0 Å². The molecule has 0 fully saturated rings. The van der Waals surface area contributed by atoms with Crippen LogP contribution in [0.5, 0.6) is 0 Å². The number of halogens is 4. The van der Waals surface area contributed by atoms with Crippen LogP contribution in [0.25, 0.3) is 0 Å². The quantitative estimate of drug-likeness (QED) is 0.611. The molecule has 3 nitrogen and oxygen atoms in total. The summed E-state index contributed by atoms with van der Waals surface area (Å²) in [5.41, 5.74) is 0.456. The van der Waals surface area contributed by atoms with Gasteiger partial charge in [0.1, 0.15) is 4.60 Å². The lowest BCUT2D eigenvalue weighted by Crippen LogP contribution is -2.14. The van der Waals surface area contributed by atoms with Gasteiger partial charge in [-0.1, -0.05) is 0 Å². The van der Waals surface area contributed by atoms with E-state index in [1.807, 2.05) is 5.32 Å². The first kappa shape index (κ1) is 13.7. The maximum Gasteiger partial charge on any atom is 0.312 e. The summed E-state index contributed by atoms with van der Waals surface area (Å²) in [5, 5.41) is 8.96. The Morgan fingerprint density at radius 3 is 2.69 bits per heavy atom. The summed E-state index contributed by atoms with van der Waals surface area (Å²) >= 11 is 7.87. The van der Waals surface area contributed by atoms with Crippen LogP contribution in [0, 0.1) is 5.41 Å². The summed E-state index contributed by atoms with van der Waals surface area (Å²) < 4.78 is 25.2. The van der Waals surface area contributed by atoms with Gasteiger partial charge in [-0.25, -0.2) is 4.98 Å². The third-order valence-corrected chi connectivity index (χ3v) is 3.99. The number of nitrogens with zero attached hydrogens (tertiary/aromatic N) is 1. The molecule has 1 rings (SSSR count). The lowest BCUT2D eigenvalue weighted by atomic mass is 10.2. The van der Waals surface area contributed by atoms with Gasteiger partial charge in [0.2, 0.25) is 0 Å². The molecule has 0 spiro atoms. The van der Waals surface area contributed by atoms with Gasteiger partial charge in [-0.3, -0.25) is 0 Å². The highest BCUT2D eigenvalue weighted by Crippen LogP contribution is 2.28. The zero-order valence-corrected chi connectivity index (χ0v) is 11.8. The lowest BCUT2D eigenvalue weighted by molar-refractivity contribution is 0.125. The SMILES string of the molecule is N=C/C(=C\NC(F)F)Cc1sc(Br)nc1Br. The maximum atomic E-state index is 11.9. The Morgan fingerprint density at radius 2 is 2.25 bits per heavy atom. The highest BCUT2D eigenvalue weighted by molar-refractivity contribution is 9.11. The van der Waals surface area contributed by atoms with E-state index in [2.05, 4.69) is 36.8 Å². The average Bonchev–Trinajstić information content (AvgIpc) is 2.51. The summed E-state index contributed by atoms with van der Waals surface area (Å²) in [7, 11) is 0. The van der Waals surface area contributed by atoms with E-state index in [0.29, 0.717) is 20.5 Å². The molecule has 1 heterocycles. The fraction of sp³-hybridized carbons (Fsp3) is 0.250. The number of thiazole rings is 1. The normalized spacial score (nSPS) is 11.9. The molecule has 0 aromatic carbocycles. The third kappa shape index (κ3) is 4.26. The molecule has 2 N–H and O–H groups in total. The number of rotatable bonds is 5. The second-order valence-corrected chi connectivity index (χ2v) is 5.80. The second kappa shape index (κ2) is 6.41. The van der Waals surface area contributed by atoms with Gasteiger partial charge in [-0.2, -0.15) is 8.78 Å². The molecule has 0 radical (unpaired) electrons. The molecule has 0 bridgehead atoms. The Morgan fingerprint density at radius 1 is 1.56 bits per heavy atom. The predicted octanol–water partition coefficient (Wildman–Crippen LogP) is 3.56. The minimum atomic E-state index is -2.62. The van der Waals surface area contributed by atoms with Gasteiger partial charge < -0.3 is 10.7 Å². The van der Waals surface area contributed by atoms with E-state index in [1.54, 1.807) is 0 Å². The Bertz CT molecular complexity index is 406. The summed E-state index contributed by atoms with van der Waals surface area (Å²) in [6.07, 6.45) is 2.56. The summed E-state index contributed by atoms with van der Waals surface area (Å²) in [5.74, 6) is 0. The van der Waals surface area contributed by atoms with Crippen LogP contribution in [0.15, 0.2) is 20.3 Å². The van der Waals surface area contributed by atoms with E-state index < -0.39 is 6.55 Å². The van der Waals surface area contributed by atoms with Crippen molar-refractivity contribution < 1.29 is 8.78 Å². The Balaban J connectivity index is 2.73. The topological polar surface area (TPSA) is 48.8 Å². The van der Waals surface area contributed by atoms with Crippen LogP contribution < -0.4 is 5.32 Å². The molecule has 1 aromatic rings. The van der Waals surface area contributed by atoms with Crippen molar-refractivity contribution in [3.05, 3.63) is 25.2 Å². The van der Waals surface area contributed by atoms with Crippen LogP contribution in [0.2, 0.25) is 0 Å². The van der Waals surface area contributed by atoms with E-state index in [9.17, 15) is 8.78 Å². The zero-order chi connectivity index (χ0) is 12.1. The van der Waals surface area contributed by atoms with Crippen molar-refractivity contribution in [1.29, 1.82) is 5.41 Å². The highest BCUT2D eigenvalue weighted by Gasteiger charge is 2.09. The molecule has 88 valence electrons. The molecule has 16 heavy (non-hydrogen) atoms. The number of hydrogen-bond acceptors (Lipinski definition) is 4. The molecule has 0 amide bonds. The van der Waals surface area contributed by atoms with E-state index in [4.69, 9.17) is 5.41 Å². The lowest BCUT2D eigenvalue weighted by Gasteiger charge is -2.01. The number of hydrogen-bond donors (Lipinski definition) is 2. The second-order valence-electron chi connectivity index (χ2n) is 2.69. The van der Waals surface area contributed by atoms with E-state index in [0.717, 1.165) is 17.3 Å². The molecule has 0 atom stereocenters. The minimum absolute atomic E-state index is 0.382. The predicted molar refractivity (Wildman–Crippen MR) is 67.2 cm³/mol. The Hall–Kier alpha value is -0.340. The molecular weight excluding hydrogens is 368 g/mol. The first-order valence-electron chi connectivity index (χ1n) is 4.07.